The van der Waals surface area contributed by atoms with E-state index in [0.717, 1.165) is 26.2 Å². The standard InChI is InChI=1S/C8H16Br3N3/c1-13-5-3-12-4-6-14(2)8(10,11)7(13)9/h7,12H,3-6H2,1-2H3. The Labute approximate surface area is 111 Å². The van der Waals surface area contributed by atoms with Crippen LogP contribution in [0.1, 0.15) is 0 Å². The lowest BCUT2D eigenvalue weighted by Gasteiger charge is -2.38. The normalized spacial score (nSPS) is 31.9. The van der Waals surface area contributed by atoms with E-state index in [1.165, 1.54) is 0 Å². The van der Waals surface area contributed by atoms with Gasteiger partial charge < -0.3 is 5.32 Å². The Kier molecular flexibility index (Phi) is 5.34. The number of halogens is 3. The summed E-state index contributed by atoms with van der Waals surface area (Å²) < 4.78 is -0.208. The molecule has 6 heteroatoms. The molecule has 0 radical (unpaired) electrons. The smallest absolute Gasteiger partial charge is 0.158 e. The molecule has 1 N–H and O–H groups in total. The molecule has 0 aromatic heterocycles. The van der Waals surface area contributed by atoms with Gasteiger partial charge in [-0.1, -0.05) is 47.8 Å². The zero-order valence-corrected chi connectivity index (χ0v) is 13.2. The Bertz CT molecular complexity index is 189. The van der Waals surface area contributed by atoms with Crippen LogP contribution in [-0.2, 0) is 0 Å². The van der Waals surface area contributed by atoms with Gasteiger partial charge in [-0.15, -0.1) is 0 Å². The Balaban J connectivity index is 2.75. The number of likely N-dealkylation sites (N-methyl/N-ethyl adjacent to an activating group) is 2. The number of hydrogen-bond donors (Lipinski definition) is 1. The van der Waals surface area contributed by atoms with Gasteiger partial charge in [0.1, 0.15) is 4.95 Å². The molecule has 1 aliphatic rings. The molecule has 0 saturated carbocycles. The van der Waals surface area contributed by atoms with Crippen molar-refractivity contribution in [3.8, 4) is 0 Å². The minimum absolute atomic E-state index is 0.208. The van der Waals surface area contributed by atoms with E-state index in [0.29, 0.717) is 0 Å². The molecule has 1 unspecified atom stereocenters. The summed E-state index contributed by atoms with van der Waals surface area (Å²) in [5.74, 6) is 0. The first kappa shape index (κ1) is 13.4. The van der Waals surface area contributed by atoms with Crippen LogP contribution in [0.3, 0.4) is 0 Å². The van der Waals surface area contributed by atoms with Gasteiger partial charge in [-0.05, 0) is 14.1 Å². The third-order valence-electron chi connectivity index (χ3n) is 2.45. The molecule has 3 nitrogen and oxygen atoms in total. The lowest BCUT2D eigenvalue weighted by Crippen LogP contribution is -2.50. The number of hydrogen-bond acceptors (Lipinski definition) is 3. The molecule has 1 heterocycles. The third kappa shape index (κ3) is 3.15. The summed E-state index contributed by atoms with van der Waals surface area (Å²) >= 11 is 11.1. The minimum Gasteiger partial charge on any atom is -0.314 e. The minimum atomic E-state index is -0.208. The van der Waals surface area contributed by atoms with Crippen molar-refractivity contribution in [3.63, 3.8) is 0 Å². The van der Waals surface area contributed by atoms with Gasteiger partial charge >= 0.3 is 0 Å². The van der Waals surface area contributed by atoms with Crippen molar-refractivity contribution in [2.45, 2.75) is 8.31 Å². The summed E-state index contributed by atoms with van der Waals surface area (Å²) in [5.41, 5.74) is 0. The number of nitrogens with one attached hydrogen (secondary N) is 1. The maximum atomic E-state index is 3.71. The average molecular weight is 394 g/mol. The largest absolute Gasteiger partial charge is 0.314 e. The van der Waals surface area contributed by atoms with Crippen molar-refractivity contribution in [3.05, 3.63) is 0 Å². The highest BCUT2D eigenvalue weighted by atomic mass is 79.9. The Hall–Kier alpha value is 1.32. The van der Waals surface area contributed by atoms with Gasteiger partial charge in [-0.2, -0.15) is 0 Å². The highest BCUT2D eigenvalue weighted by Crippen LogP contribution is 2.38. The van der Waals surface area contributed by atoms with Crippen molar-refractivity contribution in [2.24, 2.45) is 0 Å². The van der Waals surface area contributed by atoms with E-state index in [1.807, 2.05) is 0 Å². The molecule has 0 spiro atoms. The molecule has 14 heavy (non-hydrogen) atoms. The summed E-state index contributed by atoms with van der Waals surface area (Å²) in [7, 11) is 4.20. The molecule has 0 aliphatic carbocycles. The van der Waals surface area contributed by atoms with Gasteiger partial charge in [0.25, 0.3) is 0 Å². The van der Waals surface area contributed by atoms with E-state index < -0.39 is 0 Å². The molecule has 0 bridgehead atoms. The summed E-state index contributed by atoms with van der Waals surface area (Å²) in [4.78, 5) is 4.74. The highest BCUT2D eigenvalue weighted by molar-refractivity contribution is 9.26. The van der Waals surface area contributed by atoms with E-state index in [4.69, 9.17) is 0 Å². The third-order valence-corrected chi connectivity index (χ3v) is 7.12. The van der Waals surface area contributed by atoms with E-state index in [1.54, 1.807) is 0 Å². The van der Waals surface area contributed by atoms with Crippen LogP contribution in [0.25, 0.3) is 0 Å². The van der Waals surface area contributed by atoms with Crippen molar-refractivity contribution in [2.75, 3.05) is 40.3 Å². The van der Waals surface area contributed by atoms with Crippen LogP contribution in [0, 0.1) is 0 Å². The van der Waals surface area contributed by atoms with E-state index in [9.17, 15) is 0 Å². The zero-order valence-electron chi connectivity index (χ0n) is 8.43. The molecule has 0 amide bonds. The maximum absolute atomic E-state index is 3.71. The van der Waals surface area contributed by atoms with Gasteiger partial charge in [0, 0.05) is 26.2 Å². The first-order chi connectivity index (χ1) is 6.46. The Morgan fingerprint density at radius 2 is 1.79 bits per heavy atom. The van der Waals surface area contributed by atoms with Gasteiger partial charge in [-0.25, -0.2) is 0 Å². The van der Waals surface area contributed by atoms with E-state index in [2.05, 4.69) is 77.0 Å². The number of rotatable bonds is 0. The molecule has 84 valence electrons. The van der Waals surface area contributed by atoms with Crippen LogP contribution in [0.15, 0.2) is 0 Å². The molecule has 1 atom stereocenters. The second-order valence-corrected chi connectivity index (χ2v) is 7.93. The summed E-state index contributed by atoms with van der Waals surface area (Å²) in [6.45, 7) is 4.08. The van der Waals surface area contributed by atoms with E-state index in [-0.39, 0.29) is 8.31 Å². The topological polar surface area (TPSA) is 18.5 Å². The molecule has 1 saturated heterocycles. The van der Waals surface area contributed by atoms with Gasteiger partial charge in [0.15, 0.2) is 3.36 Å². The summed E-state index contributed by atoms with van der Waals surface area (Å²) in [6.07, 6.45) is 0. The SMILES string of the molecule is CN1CCNCCN(C)C(Br)(Br)C1Br. The van der Waals surface area contributed by atoms with Crippen LogP contribution < -0.4 is 5.32 Å². The lowest BCUT2D eigenvalue weighted by molar-refractivity contribution is 0.225. The predicted molar refractivity (Wildman–Crippen MR) is 71.4 cm³/mol. The van der Waals surface area contributed by atoms with Crippen molar-refractivity contribution < 1.29 is 0 Å². The zero-order chi connectivity index (χ0) is 10.8. The Morgan fingerprint density at radius 3 is 2.43 bits per heavy atom. The second-order valence-electron chi connectivity index (χ2n) is 3.58. The van der Waals surface area contributed by atoms with Crippen LogP contribution in [0.2, 0.25) is 0 Å². The second kappa shape index (κ2) is 5.59. The van der Waals surface area contributed by atoms with Gasteiger partial charge in [0.05, 0.1) is 0 Å². The fourth-order valence-corrected chi connectivity index (χ4v) is 2.94. The van der Waals surface area contributed by atoms with Crippen LogP contribution in [0.4, 0.5) is 0 Å². The average Bonchev–Trinajstić information content (AvgIpc) is 2.17. The molecule has 0 aromatic carbocycles. The Morgan fingerprint density at radius 1 is 1.21 bits per heavy atom. The number of alkyl halides is 3. The molecular weight excluding hydrogens is 378 g/mol. The monoisotopic (exact) mass is 391 g/mol. The quantitative estimate of drug-likeness (QED) is 0.498. The van der Waals surface area contributed by atoms with Crippen molar-refractivity contribution >= 4 is 47.8 Å². The molecule has 0 aromatic rings. The van der Waals surface area contributed by atoms with Gasteiger partial charge in [-0.3, -0.25) is 9.80 Å². The first-order valence-electron chi connectivity index (χ1n) is 4.60. The molecule has 1 fully saturated rings. The van der Waals surface area contributed by atoms with Crippen LogP contribution in [-0.4, -0.2) is 58.4 Å². The van der Waals surface area contributed by atoms with Crippen molar-refractivity contribution in [1.29, 1.82) is 0 Å². The van der Waals surface area contributed by atoms with Crippen LogP contribution >= 0.6 is 47.8 Å². The summed E-state index contributed by atoms with van der Waals surface area (Å²) in [5, 5.41) is 3.40. The maximum Gasteiger partial charge on any atom is 0.158 e. The fraction of sp³-hybridized carbons (Fsp3) is 1.00. The number of nitrogens with zero attached hydrogens (tertiary/aromatic N) is 2. The molecular formula is C8H16Br3N3. The lowest BCUT2D eigenvalue weighted by atomic mass is 10.4. The molecule has 1 rings (SSSR count). The fourth-order valence-electron chi connectivity index (χ4n) is 1.34. The van der Waals surface area contributed by atoms with Crippen LogP contribution in [0.5, 0.6) is 0 Å². The molecule has 1 aliphatic heterocycles. The van der Waals surface area contributed by atoms with E-state index >= 15 is 0 Å². The van der Waals surface area contributed by atoms with Gasteiger partial charge in [0.2, 0.25) is 0 Å². The summed E-state index contributed by atoms with van der Waals surface area (Å²) in [6, 6.07) is 0. The highest BCUT2D eigenvalue weighted by Gasteiger charge is 2.38. The predicted octanol–water partition coefficient (Wildman–Crippen LogP) is 1.62. The van der Waals surface area contributed by atoms with Crippen molar-refractivity contribution in [1.82, 2.24) is 15.1 Å². The first-order valence-corrected chi connectivity index (χ1v) is 7.10.